The molecule has 1 aromatic carbocycles. The van der Waals surface area contributed by atoms with Gasteiger partial charge in [-0.15, -0.1) is 0 Å². The fourth-order valence-electron chi connectivity index (χ4n) is 4.58. The van der Waals surface area contributed by atoms with Crippen LogP contribution in [0.1, 0.15) is 59.0 Å². The third kappa shape index (κ3) is 5.95. The summed E-state index contributed by atoms with van der Waals surface area (Å²) in [7, 11) is 0. The average molecular weight is 475 g/mol. The Morgan fingerprint density at radius 1 is 1.06 bits per heavy atom. The Labute approximate surface area is 204 Å². The van der Waals surface area contributed by atoms with Crippen LogP contribution in [-0.4, -0.2) is 35.3 Å². The van der Waals surface area contributed by atoms with Crippen LogP contribution in [0.25, 0.3) is 0 Å². The molecule has 3 amide bonds. The number of anilines is 1. The van der Waals surface area contributed by atoms with Gasteiger partial charge < -0.3 is 15.1 Å². The van der Waals surface area contributed by atoms with Crippen LogP contribution in [0.5, 0.6) is 0 Å². The lowest BCUT2D eigenvalue weighted by molar-refractivity contribution is -0.126. The van der Waals surface area contributed by atoms with Crippen molar-refractivity contribution in [3.05, 3.63) is 83.6 Å². The highest BCUT2D eigenvalue weighted by Crippen LogP contribution is 2.30. The van der Waals surface area contributed by atoms with Crippen molar-refractivity contribution in [2.24, 2.45) is 0 Å². The zero-order valence-corrected chi connectivity index (χ0v) is 20.0. The molecule has 1 fully saturated rings. The van der Waals surface area contributed by atoms with Gasteiger partial charge in [0.1, 0.15) is 6.04 Å². The molecule has 4 rings (SSSR count). The summed E-state index contributed by atoms with van der Waals surface area (Å²) < 4.78 is 5.13. The molecule has 8 nitrogen and oxygen atoms in total. The van der Waals surface area contributed by atoms with Gasteiger partial charge in [0.15, 0.2) is 5.76 Å². The summed E-state index contributed by atoms with van der Waals surface area (Å²) in [6, 6.07) is 11.5. The molecule has 0 spiro atoms. The van der Waals surface area contributed by atoms with Gasteiger partial charge in [-0.25, -0.2) is 0 Å². The molecule has 182 valence electrons. The van der Waals surface area contributed by atoms with Crippen molar-refractivity contribution in [1.29, 1.82) is 0 Å². The zero-order chi connectivity index (χ0) is 24.8. The fourth-order valence-corrected chi connectivity index (χ4v) is 4.58. The molecule has 1 aliphatic carbocycles. The normalized spacial score (nSPS) is 14.3. The second kappa shape index (κ2) is 11.0. The van der Waals surface area contributed by atoms with E-state index in [1.54, 1.807) is 30.6 Å². The first-order chi connectivity index (χ1) is 16.9. The van der Waals surface area contributed by atoms with Gasteiger partial charge in [-0.3, -0.25) is 24.3 Å². The summed E-state index contributed by atoms with van der Waals surface area (Å²) in [4.78, 5) is 45.3. The maximum atomic E-state index is 13.7. The molecular weight excluding hydrogens is 444 g/mol. The van der Waals surface area contributed by atoms with E-state index >= 15 is 0 Å². The number of amides is 3. The topological polar surface area (TPSA) is 105 Å². The molecule has 0 radical (unpaired) electrons. The molecule has 0 saturated heterocycles. The quantitative estimate of drug-likeness (QED) is 0.516. The number of hydrogen-bond donors (Lipinski definition) is 2. The number of carbonyl (C=O) groups excluding carboxylic acids is 3. The second-order valence-electron chi connectivity index (χ2n) is 8.94. The van der Waals surface area contributed by atoms with Crippen LogP contribution in [0.2, 0.25) is 0 Å². The number of pyridine rings is 1. The van der Waals surface area contributed by atoms with Gasteiger partial charge in [0.05, 0.1) is 12.8 Å². The summed E-state index contributed by atoms with van der Waals surface area (Å²) in [5.74, 6) is -1.06. The van der Waals surface area contributed by atoms with Crippen LogP contribution in [0.15, 0.2) is 65.5 Å². The molecule has 0 unspecified atom stereocenters. The first-order valence-corrected chi connectivity index (χ1v) is 11.8. The van der Waals surface area contributed by atoms with Crippen molar-refractivity contribution in [3.8, 4) is 0 Å². The molecule has 8 heteroatoms. The predicted molar refractivity (Wildman–Crippen MR) is 132 cm³/mol. The van der Waals surface area contributed by atoms with Crippen LogP contribution in [0.3, 0.4) is 0 Å². The standard InChI is InChI=1S/C27H30N4O4/c1-18-14-19(2)16-22(15-18)31(24(32)17-29-26(33)23-8-5-13-35-23)25(20-9-11-28-12-10-20)27(34)30-21-6-3-4-7-21/h5,8-16,21,25H,3-4,6-7,17H2,1-2H3,(H,29,33)(H,30,34)/t25-/m1/s1. The molecule has 2 aromatic heterocycles. The number of nitrogens with zero attached hydrogens (tertiary/aromatic N) is 2. The van der Waals surface area contributed by atoms with Gasteiger partial charge in [0.2, 0.25) is 11.8 Å². The molecule has 0 bridgehead atoms. The minimum atomic E-state index is -0.923. The van der Waals surface area contributed by atoms with Crippen LogP contribution < -0.4 is 15.5 Å². The Morgan fingerprint density at radius 2 is 1.74 bits per heavy atom. The monoisotopic (exact) mass is 474 g/mol. The smallest absolute Gasteiger partial charge is 0.287 e. The Hall–Kier alpha value is -3.94. The van der Waals surface area contributed by atoms with Gasteiger partial charge in [-0.05, 0) is 79.8 Å². The lowest BCUT2D eigenvalue weighted by Gasteiger charge is -2.32. The van der Waals surface area contributed by atoms with Gasteiger partial charge in [-0.1, -0.05) is 18.9 Å². The molecule has 3 aromatic rings. The van der Waals surface area contributed by atoms with Crippen LogP contribution in [-0.2, 0) is 9.59 Å². The number of aromatic nitrogens is 1. The van der Waals surface area contributed by atoms with E-state index in [2.05, 4.69) is 15.6 Å². The number of rotatable bonds is 8. The highest BCUT2D eigenvalue weighted by Gasteiger charge is 2.34. The number of carbonyl (C=O) groups is 3. The van der Waals surface area contributed by atoms with E-state index in [0.29, 0.717) is 11.3 Å². The van der Waals surface area contributed by atoms with Crippen LogP contribution in [0.4, 0.5) is 5.69 Å². The Balaban J connectivity index is 1.69. The van der Waals surface area contributed by atoms with E-state index < -0.39 is 17.9 Å². The van der Waals surface area contributed by atoms with Crippen molar-refractivity contribution in [2.75, 3.05) is 11.4 Å². The maximum Gasteiger partial charge on any atom is 0.287 e. The van der Waals surface area contributed by atoms with Gasteiger partial charge in [0.25, 0.3) is 5.91 Å². The largest absolute Gasteiger partial charge is 0.459 e. The summed E-state index contributed by atoms with van der Waals surface area (Å²) in [6.07, 6.45) is 8.59. The zero-order valence-electron chi connectivity index (χ0n) is 20.0. The van der Waals surface area contributed by atoms with E-state index in [-0.39, 0.29) is 24.3 Å². The number of benzene rings is 1. The van der Waals surface area contributed by atoms with E-state index in [4.69, 9.17) is 4.42 Å². The van der Waals surface area contributed by atoms with E-state index in [1.807, 2.05) is 32.0 Å². The predicted octanol–water partition coefficient (Wildman–Crippen LogP) is 3.85. The van der Waals surface area contributed by atoms with Gasteiger partial charge in [0, 0.05) is 24.1 Å². The molecular formula is C27H30N4O4. The molecule has 1 atom stereocenters. The van der Waals surface area contributed by atoms with Crippen molar-refractivity contribution < 1.29 is 18.8 Å². The molecule has 1 saturated carbocycles. The Kier molecular flexibility index (Phi) is 7.60. The first-order valence-electron chi connectivity index (χ1n) is 11.8. The number of hydrogen-bond acceptors (Lipinski definition) is 5. The first kappa shape index (κ1) is 24.2. The molecule has 2 heterocycles. The second-order valence-corrected chi connectivity index (χ2v) is 8.94. The highest BCUT2D eigenvalue weighted by atomic mass is 16.3. The maximum absolute atomic E-state index is 13.7. The molecule has 2 N–H and O–H groups in total. The van der Waals surface area contributed by atoms with E-state index in [9.17, 15) is 14.4 Å². The van der Waals surface area contributed by atoms with Crippen molar-refractivity contribution in [3.63, 3.8) is 0 Å². The Bertz CT molecular complexity index is 1150. The number of nitrogens with one attached hydrogen (secondary N) is 2. The average Bonchev–Trinajstić information content (AvgIpc) is 3.55. The van der Waals surface area contributed by atoms with E-state index in [1.165, 1.54) is 17.2 Å². The summed E-state index contributed by atoms with van der Waals surface area (Å²) in [5, 5.41) is 5.76. The van der Waals surface area contributed by atoms with Crippen molar-refractivity contribution in [2.45, 2.75) is 51.6 Å². The summed E-state index contributed by atoms with van der Waals surface area (Å²) in [5.41, 5.74) is 3.15. The fraction of sp³-hybridized carbons (Fsp3) is 0.333. The highest BCUT2D eigenvalue weighted by molar-refractivity contribution is 6.04. The Morgan fingerprint density at radius 3 is 2.37 bits per heavy atom. The van der Waals surface area contributed by atoms with Crippen LogP contribution in [0, 0.1) is 13.8 Å². The minimum absolute atomic E-state index is 0.0849. The number of furan rings is 1. The number of aryl methyl sites for hydroxylation is 2. The van der Waals surface area contributed by atoms with Crippen molar-refractivity contribution >= 4 is 23.4 Å². The van der Waals surface area contributed by atoms with Gasteiger partial charge >= 0.3 is 0 Å². The molecule has 0 aliphatic heterocycles. The lowest BCUT2D eigenvalue weighted by atomic mass is 10.0. The third-order valence-corrected chi connectivity index (χ3v) is 6.13. The van der Waals surface area contributed by atoms with Gasteiger partial charge in [-0.2, -0.15) is 0 Å². The third-order valence-electron chi connectivity index (χ3n) is 6.13. The minimum Gasteiger partial charge on any atom is -0.459 e. The van der Waals surface area contributed by atoms with Crippen molar-refractivity contribution in [1.82, 2.24) is 15.6 Å². The SMILES string of the molecule is Cc1cc(C)cc(N(C(=O)CNC(=O)c2ccco2)[C@@H](C(=O)NC2CCCC2)c2ccncc2)c1. The summed E-state index contributed by atoms with van der Waals surface area (Å²) >= 11 is 0. The lowest BCUT2D eigenvalue weighted by Crippen LogP contribution is -2.49. The van der Waals surface area contributed by atoms with E-state index in [0.717, 1.165) is 36.8 Å². The molecule has 1 aliphatic rings. The van der Waals surface area contributed by atoms with Crippen LogP contribution >= 0.6 is 0 Å². The summed E-state index contributed by atoms with van der Waals surface area (Å²) in [6.45, 7) is 3.58. The molecule has 35 heavy (non-hydrogen) atoms.